The number of carbonyl (C=O) groups is 2. The minimum absolute atomic E-state index is 0.257. The zero-order valence-electron chi connectivity index (χ0n) is 15.8. The number of hydrogen-bond acceptors (Lipinski definition) is 5. The molecule has 0 aliphatic heterocycles. The molecule has 3 aromatic rings. The number of nitrogens with one attached hydrogen (secondary N) is 1. The number of amides is 1. The maximum absolute atomic E-state index is 13.0. The number of benzene rings is 1. The van der Waals surface area contributed by atoms with Crippen LogP contribution in [0.15, 0.2) is 29.6 Å². The van der Waals surface area contributed by atoms with E-state index in [1.807, 2.05) is 43.5 Å². The molecule has 0 aliphatic rings. The van der Waals surface area contributed by atoms with Crippen LogP contribution in [-0.4, -0.2) is 30.2 Å². The standard InChI is InChI=1S/C20H22N2O4S/c1-5-22-16-8-7-13(26-6-2)11-14(16)12(3)17(22)19(23)21-15-9-10-27-18(15)20(24)25-4/h7-11H,5-6H2,1-4H3,(H,21,23). The average Bonchev–Trinajstić information content (AvgIpc) is 3.23. The van der Waals surface area contributed by atoms with Crippen LogP contribution in [-0.2, 0) is 11.3 Å². The largest absolute Gasteiger partial charge is 0.494 e. The lowest BCUT2D eigenvalue weighted by Gasteiger charge is -2.10. The fourth-order valence-corrected chi connectivity index (χ4v) is 3.98. The third-order valence-corrected chi connectivity index (χ3v) is 5.31. The van der Waals surface area contributed by atoms with E-state index in [9.17, 15) is 9.59 Å². The van der Waals surface area contributed by atoms with E-state index < -0.39 is 5.97 Å². The summed E-state index contributed by atoms with van der Waals surface area (Å²) < 4.78 is 12.3. The Bertz CT molecular complexity index is 1000. The van der Waals surface area contributed by atoms with Crippen molar-refractivity contribution < 1.29 is 19.1 Å². The molecule has 27 heavy (non-hydrogen) atoms. The molecule has 0 radical (unpaired) electrons. The molecule has 0 unspecified atom stereocenters. The van der Waals surface area contributed by atoms with Gasteiger partial charge >= 0.3 is 5.97 Å². The number of carbonyl (C=O) groups excluding carboxylic acids is 2. The maximum Gasteiger partial charge on any atom is 0.350 e. The molecule has 0 bridgehead atoms. The lowest BCUT2D eigenvalue weighted by molar-refractivity contribution is 0.0607. The Kier molecular flexibility index (Phi) is 5.51. The Morgan fingerprint density at radius 2 is 2.00 bits per heavy atom. The summed E-state index contributed by atoms with van der Waals surface area (Å²) in [7, 11) is 1.32. The van der Waals surface area contributed by atoms with Crippen LogP contribution in [0.25, 0.3) is 10.9 Å². The third-order valence-electron chi connectivity index (χ3n) is 4.41. The second-order valence-corrected chi connectivity index (χ2v) is 6.86. The van der Waals surface area contributed by atoms with E-state index in [0.717, 1.165) is 22.2 Å². The molecule has 142 valence electrons. The first-order valence-electron chi connectivity index (χ1n) is 8.74. The number of esters is 1. The lowest BCUT2D eigenvalue weighted by Crippen LogP contribution is -2.19. The normalized spacial score (nSPS) is 10.8. The van der Waals surface area contributed by atoms with Gasteiger partial charge in [0.2, 0.25) is 0 Å². The Morgan fingerprint density at radius 1 is 1.22 bits per heavy atom. The first kappa shape index (κ1) is 19.0. The van der Waals surface area contributed by atoms with Gasteiger partial charge in [-0.25, -0.2) is 4.79 Å². The molecular formula is C20H22N2O4S. The molecule has 1 amide bonds. The molecule has 1 N–H and O–H groups in total. The summed E-state index contributed by atoms with van der Waals surface area (Å²) in [5, 5.41) is 5.58. The lowest BCUT2D eigenvalue weighted by atomic mass is 10.1. The molecule has 0 aliphatic carbocycles. The van der Waals surface area contributed by atoms with E-state index in [2.05, 4.69) is 5.32 Å². The Balaban J connectivity index is 2.03. The molecule has 0 spiro atoms. The van der Waals surface area contributed by atoms with Crippen molar-refractivity contribution in [1.82, 2.24) is 4.57 Å². The molecule has 0 saturated carbocycles. The maximum atomic E-state index is 13.0. The summed E-state index contributed by atoms with van der Waals surface area (Å²) in [5.41, 5.74) is 2.88. The summed E-state index contributed by atoms with van der Waals surface area (Å²) in [6.07, 6.45) is 0. The fourth-order valence-electron chi connectivity index (χ4n) is 3.22. The number of thiophene rings is 1. The highest BCUT2D eigenvalue weighted by Gasteiger charge is 2.22. The summed E-state index contributed by atoms with van der Waals surface area (Å²) in [5.74, 6) is 0.0561. The SMILES string of the molecule is CCOc1ccc2c(c1)c(C)c(C(=O)Nc1ccsc1C(=O)OC)n2CC. The summed E-state index contributed by atoms with van der Waals surface area (Å²) >= 11 is 1.23. The second kappa shape index (κ2) is 7.84. The van der Waals surface area contributed by atoms with Gasteiger partial charge < -0.3 is 19.4 Å². The number of nitrogens with zero attached hydrogens (tertiary/aromatic N) is 1. The van der Waals surface area contributed by atoms with Crippen molar-refractivity contribution in [3.8, 4) is 5.75 Å². The van der Waals surface area contributed by atoms with Gasteiger partial charge in [0.25, 0.3) is 5.91 Å². The Hall–Kier alpha value is -2.80. The van der Waals surface area contributed by atoms with Crippen molar-refractivity contribution in [2.45, 2.75) is 27.3 Å². The molecule has 1 aromatic carbocycles. The smallest absolute Gasteiger partial charge is 0.350 e. The van der Waals surface area contributed by atoms with Crippen LogP contribution in [0.2, 0.25) is 0 Å². The predicted molar refractivity (Wildman–Crippen MR) is 107 cm³/mol. The Labute approximate surface area is 161 Å². The number of fused-ring (bicyclic) bond motifs is 1. The number of rotatable bonds is 6. The monoisotopic (exact) mass is 386 g/mol. The second-order valence-electron chi connectivity index (χ2n) is 5.94. The van der Waals surface area contributed by atoms with Gasteiger partial charge in [-0.15, -0.1) is 11.3 Å². The fraction of sp³-hybridized carbons (Fsp3) is 0.300. The zero-order chi connectivity index (χ0) is 19.6. The quantitative estimate of drug-likeness (QED) is 0.635. The third kappa shape index (κ3) is 3.42. The molecule has 0 atom stereocenters. The van der Waals surface area contributed by atoms with Crippen LogP contribution < -0.4 is 10.1 Å². The van der Waals surface area contributed by atoms with Gasteiger partial charge in [0.15, 0.2) is 0 Å². The molecule has 6 nitrogen and oxygen atoms in total. The highest BCUT2D eigenvalue weighted by atomic mass is 32.1. The summed E-state index contributed by atoms with van der Waals surface area (Å²) in [6.45, 7) is 7.09. The van der Waals surface area contributed by atoms with Crippen molar-refractivity contribution >= 4 is 39.8 Å². The van der Waals surface area contributed by atoms with E-state index in [1.165, 1.54) is 18.4 Å². The van der Waals surface area contributed by atoms with E-state index in [0.29, 0.717) is 29.4 Å². The number of hydrogen-bond donors (Lipinski definition) is 1. The molecular weight excluding hydrogens is 364 g/mol. The summed E-state index contributed by atoms with van der Waals surface area (Å²) in [6, 6.07) is 7.54. The van der Waals surface area contributed by atoms with Crippen LogP contribution in [0.5, 0.6) is 5.75 Å². The van der Waals surface area contributed by atoms with E-state index >= 15 is 0 Å². The van der Waals surface area contributed by atoms with Crippen molar-refractivity contribution in [3.63, 3.8) is 0 Å². The van der Waals surface area contributed by atoms with Crippen LogP contribution in [0.4, 0.5) is 5.69 Å². The molecule has 2 heterocycles. The number of methoxy groups -OCH3 is 1. The first-order chi connectivity index (χ1) is 13.0. The first-order valence-corrected chi connectivity index (χ1v) is 9.62. The number of aryl methyl sites for hydroxylation is 2. The van der Waals surface area contributed by atoms with E-state index in [4.69, 9.17) is 9.47 Å². The van der Waals surface area contributed by atoms with Crippen molar-refractivity contribution in [3.05, 3.63) is 45.8 Å². The molecule has 0 fully saturated rings. The van der Waals surface area contributed by atoms with E-state index in [1.54, 1.807) is 11.4 Å². The van der Waals surface area contributed by atoms with Gasteiger partial charge in [0.1, 0.15) is 16.3 Å². The van der Waals surface area contributed by atoms with Crippen LogP contribution in [0.1, 0.15) is 39.6 Å². The van der Waals surface area contributed by atoms with Crippen LogP contribution >= 0.6 is 11.3 Å². The molecule has 0 saturated heterocycles. The highest BCUT2D eigenvalue weighted by molar-refractivity contribution is 7.12. The minimum atomic E-state index is -0.464. The Morgan fingerprint density at radius 3 is 2.67 bits per heavy atom. The predicted octanol–water partition coefficient (Wildman–Crippen LogP) is 4.47. The van der Waals surface area contributed by atoms with E-state index in [-0.39, 0.29) is 5.91 Å². The minimum Gasteiger partial charge on any atom is -0.494 e. The zero-order valence-corrected chi connectivity index (χ0v) is 16.6. The van der Waals surface area contributed by atoms with Gasteiger partial charge in [-0.1, -0.05) is 0 Å². The number of aromatic nitrogens is 1. The van der Waals surface area contributed by atoms with Gasteiger partial charge in [-0.05, 0) is 56.0 Å². The average molecular weight is 386 g/mol. The van der Waals surface area contributed by atoms with Crippen LogP contribution in [0.3, 0.4) is 0 Å². The van der Waals surface area contributed by atoms with Gasteiger partial charge in [0.05, 0.1) is 19.4 Å². The summed E-state index contributed by atoms with van der Waals surface area (Å²) in [4.78, 5) is 25.3. The topological polar surface area (TPSA) is 69.6 Å². The van der Waals surface area contributed by atoms with Crippen molar-refractivity contribution in [2.75, 3.05) is 19.0 Å². The van der Waals surface area contributed by atoms with Gasteiger partial charge in [-0.3, -0.25) is 4.79 Å². The van der Waals surface area contributed by atoms with Gasteiger partial charge in [-0.2, -0.15) is 0 Å². The highest BCUT2D eigenvalue weighted by Crippen LogP contribution is 2.31. The van der Waals surface area contributed by atoms with Crippen LogP contribution in [0, 0.1) is 6.92 Å². The number of ether oxygens (including phenoxy) is 2. The molecule has 2 aromatic heterocycles. The molecule has 3 rings (SSSR count). The van der Waals surface area contributed by atoms with Crippen molar-refractivity contribution in [1.29, 1.82) is 0 Å². The van der Waals surface area contributed by atoms with Crippen molar-refractivity contribution in [2.24, 2.45) is 0 Å². The van der Waals surface area contributed by atoms with Gasteiger partial charge in [0, 0.05) is 17.4 Å². The molecule has 7 heteroatoms. The number of anilines is 1.